The van der Waals surface area contributed by atoms with E-state index < -0.39 is 0 Å². The second kappa shape index (κ2) is 5.53. The summed E-state index contributed by atoms with van der Waals surface area (Å²) in [6.07, 6.45) is 0. The lowest BCUT2D eigenvalue weighted by Gasteiger charge is -2.05. The zero-order chi connectivity index (χ0) is 11.9. The van der Waals surface area contributed by atoms with Gasteiger partial charge >= 0.3 is 0 Å². The summed E-state index contributed by atoms with van der Waals surface area (Å²) in [5.74, 6) is 0. The van der Waals surface area contributed by atoms with Crippen LogP contribution in [0.2, 0.25) is 0 Å². The van der Waals surface area contributed by atoms with E-state index >= 15 is 0 Å². The van der Waals surface area contributed by atoms with Crippen molar-refractivity contribution in [2.24, 2.45) is 0 Å². The van der Waals surface area contributed by atoms with E-state index in [4.69, 9.17) is 0 Å². The van der Waals surface area contributed by atoms with Gasteiger partial charge in [-0.15, -0.1) is 22.7 Å². The first-order valence-electron chi connectivity index (χ1n) is 4.33. The Hall–Kier alpha value is 1.32. The van der Waals surface area contributed by atoms with Gasteiger partial charge in [-0.1, -0.05) is 15.9 Å². The van der Waals surface area contributed by atoms with Crippen molar-refractivity contribution < 1.29 is 0 Å². The van der Waals surface area contributed by atoms with E-state index in [9.17, 15) is 0 Å². The Bertz CT molecular complexity index is 495. The van der Waals surface area contributed by atoms with E-state index in [1.54, 1.807) is 11.3 Å². The molecule has 0 aliphatic heterocycles. The van der Waals surface area contributed by atoms with Crippen LogP contribution in [0.5, 0.6) is 0 Å². The first kappa shape index (κ1) is 13.7. The second-order valence-electron chi connectivity index (χ2n) is 3.20. The molecule has 0 spiro atoms. The Kier molecular flexibility index (Phi) is 4.75. The van der Waals surface area contributed by atoms with Gasteiger partial charge in [-0.2, -0.15) is 0 Å². The summed E-state index contributed by atoms with van der Waals surface area (Å²) in [6.45, 7) is 2.12. The molecular formula is C10H6Br4S2. The number of halogens is 4. The molecule has 0 saturated carbocycles. The molecule has 1 unspecified atom stereocenters. The molecule has 0 bridgehead atoms. The van der Waals surface area contributed by atoms with Gasteiger partial charge in [0.05, 0.1) is 12.4 Å². The average molecular weight is 510 g/mol. The van der Waals surface area contributed by atoms with Crippen molar-refractivity contribution in [2.75, 3.05) is 0 Å². The van der Waals surface area contributed by atoms with Gasteiger partial charge in [0.1, 0.15) is 0 Å². The van der Waals surface area contributed by atoms with Crippen molar-refractivity contribution in [1.29, 1.82) is 0 Å². The summed E-state index contributed by atoms with van der Waals surface area (Å²) in [5, 5.41) is 0. The third-order valence-corrected chi connectivity index (χ3v) is 7.96. The van der Waals surface area contributed by atoms with E-state index in [2.05, 4.69) is 82.8 Å². The van der Waals surface area contributed by atoms with Gasteiger partial charge in [0, 0.05) is 14.2 Å². The monoisotopic (exact) mass is 506 g/mol. The Labute approximate surface area is 136 Å². The number of aryl methyl sites for hydroxylation is 1. The first-order chi connectivity index (χ1) is 7.49. The van der Waals surface area contributed by atoms with Crippen molar-refractivity contribution >= 4 is 86.4 Å². The lowest BCUT2D eigenvalue weighted by molar-refractivity contribution is 1.23. The van der Waals surface area contributed by atoms with Crippen molar-refractivity contribution in [3.63, 3.8) is 0 Å². The topological polar surface area (TPSA) is 0 Å². The smallest absolute Gasteiger partial charge is 0.0758 e. The van der Waals surface area contributed by atoms with E-state index in [1.807, 2.05) is 11.3 Å². The van der Waals surface area contributed by atoms with E-state index in [1.165, 1.54) is 23.6 Å². The fourth-order valence-electron chi connectivity index (χ4n) is 1.29. The minimum absolute atomic E-state index is 0.249. The average Bonchev–Trinajstić information content (AvgIpc) is 2.70. The molecule has 16 heavy (non-hydrogen) atoms. The number of thiophene rings is 2. The maximum absolute atomic E-state index is 3.75. The van der Waals surface area contributed by atoms with Crippen LogP contribution in [0.25, 0.3) is 0 Å². The summed E-state index contributed by atoms with van der Waals surface area (Å²) in [6, 6.07) is 4.33. The molecule has 0 radical (unpaired) electrons. The molecule has 0 aliphatic rings. The third kappa shape index (κ3) is 2.83. The van der Waals surface area contributed by atoms with Crippen LogP contribution in [-0.4, -0.2) is 0 Å². The molecule has 2 rings (SSSR count). The Morgan fingerprint density at radius 3 is 2.25 bits per heavy atom. The van der Waals surface area contributed by atoms with Crippen LogP contribution in [0.15, 0.2) is 24.2 Å². The number of rotatable bonds is 2. The molecule has 2 heterocycles. The van der Waals surface area contributed by atoms with Gasteiger partial charge < -0.3 is 0 Å². The minimum Gasteiger partial charge on any atom is -0.143 e. The normalized spacial score (nSPS) is 13.1. The Morgan fingerprint density at radius 2 is 1.81 bits per heavy atom. The summed E-state index contributed by atoms with van der Waals surface area (Å²) >= 11 is 17.9. The van der Waals surface area contributed by atoms with Crippen LogP contribution < -0.4 is 0 Å². The molecule has 2 aromatic rings. The fourth-order valence-corrected chi connectivity index (χ4v) is 6.98. The highest BCUT2D eigenvalue weighted by atomic mass is 79.9. The molecule has 0 N–H and O–H groups in total. The maximum Gasteiger partial charge on any atom is 0.0758 e. The summed E-state index contributed by atoms with van der Waals surface area (Å²) in [7, 11) is 0. The predicted octanol–water partition coefficient (Wildman–Crippen LogP) is 6.89. The molecule has 0 aromatic carbocycles. The van der Waals surface area contributed by atoms with Gasteiger partial charge in [0.25, 0.3) is 0 Å². The molecule has 6 heteroatoms. The number of alkyl halides is 1. The van der Waals surface area contributed by atoms with Gasteiger partial charge in [-0.05, 0) is 72.4 Å². The molecule has 0 saturated heterocycles. The van der Waals surface area contributed by atoms with Gasteiger partial charge in [0.2, 0.25) is 0 Å². The lowest BCUT2D eigenvalue weighted by atomic mass is 10.2. The molecular weight excluding hydrogens is 504 g/mol. The van der Waals surface area contributed by atoms with Crippen LogP contribution in [0, 0.1) is 6.92 Å². The minimum atomic E-state index is 0.249. The van der Waals surface area contributed by atoms with Crippen molar-refractivity contribution in [2.45, 2.75) is 11.8 Å². The van der Waals surface area contributed by atoms with Crippen LogP contribution in [0.4, 0.5) is 0 Å². The number of hydrogen-bond donors (Lipinski definition) is 0. The highest BCUT2D eigenvalue weighted by molar-refractivity contribution is 9.12. The van der Waals surface area contributed by atoms with Crippen molar-refractivity contribution in [1.82, 2.24) is 0 Å². The van der Waals surface area contributed by atoms with Crippen LogP contribution in [0.1, 0.15) is 20.1 Å². The zero-order valence-electron chi connectivity index (χ0n) is 8.06. The first-order valence-corrected chi connectivity index (χ1v) is 9.26. The van der Waals surface area contributed by atoms with Crippen molar-refractivity contribution in [3.05, 3.63) is 39.5 Å². The summed E-state index contributed by atoms with van der Waals surface area (Å²) in [4.78, 5) is 2.87. The molecule has 1 atom stereocenters. The summed E-state index contributed by atoms with van der Waals surface area (Å²) < 4.78 is 3.50. The molecule has 0 amide bonds. The van der Waals surface area contributed by atoms with Gasteiger partial charge in [-0.3, -0.25) is 0 Å². The highest BCUT2D eigenvalue weighted by Gasteiger charge is 2.18. The molecule has 2 aromatic heterocycles. The number of hydrogen-bond acceptors (Lipinski definition) is 2. The Morgan fingerprint density at radius 1 is 1.12 bits per heavy atom. The zero-order valence-corrected chi connectivity index (χ0v) is 16.0. The predicted molar refractivity (Wildman–Crippen MR) is 87.2 cm³/mol. The lowest BCUT2D eigenvalue weighted by Crippen LogP contribution is -1.86. The summed E-state index contributed by atoms with van der Waals surface area (Å²) in [5.41, 5.74) is 1.27. The SMILES string of the molecule is Cc1sc(C(Br)c2cc(Br)sc2Br)cc1Br. The standard InChI is InChI=1S/C10H6Br4S2/c1-4-6(11)3-7(15-4)9(13)5-2-8(12)16-10(5)14/h2-3,9H,1H3. The quantitative estimate of drug-likeness (QED) is 0.387. The van der Waals surface area contributed by atoms with Crippen LogP contribution in [-0.2, 0) is 0 Å². The molecule has 0 nitrogen and oxygen atoms in total. The van der Waals surface area contributed by atoms with Gasteiger partial charge in [0.15, 0.2) is 0 Å². The van der Waals surface area contributed by atoms with Gasteiger partial charge in [-0.25, -0.2) is 0 Å². The largest absolute Gasteiger partial charge is 0.143 e. The molecule has 86 valence electrons. The second-order valence-corrected chi connectivity index (χ2v) is 10.0. The third-order valence-electron chi connectivity index (χ3n) is 2.08. The van der Waals surface area contributed by atoms with E-state index in [-0.39, 0.29) is 4.83 Å². The maximum atomic E-state index is 3.75. The molecule has 0 fully saturated rings. The van der Waals surface area contributed by atoms with Crippen LogP contribution >= 0.6 is 86.4 Å². The van der Waals surface area contributed by atoms with Crippen LogP contribution in [0.3, 0.4) is 0 Å². The van der Waals surface area contributed by atoms with Crippen molar-refractivity contribution in [3.8, 4) is 0 Å². The highest BCUT2D eigenvalue weighted by Crippen LogP contribution is 2.44. The Balaban J connectivity index is 2.38. The fraction of sp³-hybridized carbons (Fsp3) is 0.200. The molecule has 0 aliphatic carbocycles. The van der Waals surface area contributed by atoms with E-state index in [0.717, 1.165) is 3.79 Å². The van der Waals surface area contributed by atoms with E-state index in [0.29, 0.717) is 0 Å².